The summed E-state index contributed by atoms with van der Waals surface area (Å²) in [5, 5.41) is 3.90. The molecule has 0 fully saturated rings. The van der Waals surface area contributed by atoms with Crippen LogP contribution in [-0.4, -0.2) is 15.7 Å². The SMILES string of the molecule is NC(=O)c1cnn(-c2cccc(F)c2)c1. The molecule has 1 aromatic heterocycles. The fourth-order valence-corrected chi connectivity index (χ4v) is 1.21. The molecule has 1 amide bonds. The number of hydrogen-bond donors (Lipinski definition) is 1. The van der Waals surface area contributed by atoms with Crippen LogP contribution >= 0.6 is 0 Å². The smallest absolute Gasteiger partial charge is 0.251 e. The highest BCUT2D eigenvalue weighted by molar-refractivity contribution is 5.92. The quantitative estimate of drug-likeness (QED) is 0.798. The van der Waals surface area contributed by atoms with Crippen LogP contribution in [0.4, 0.5) is 4.39 Å². The Morgan fingerprint density at radius 3 is 2.87 bits per heavy atom. The molecule has 15 heavy (non-hydrogen) atoms. The van der Waals surface area contributed by atoms with Gasteiger partial charge in [0.15, 0.2) is 0 Å². The molecule has 0 spiro atoms. The fraction of sp³-hybridized carbons (Fsp3) is 0. The van der Waals surface area contributed by atoms with Crippen molar-refractivity contribution >= 4 is 5.91 Å². The van der Waals surface area contributed by atoms with E-state index in [4.69, 9.17) is 5.73 Å². The zero-order chi connectivity index (χ0) is 10.8. The Hall–Kier alpha value is -2.17. The first-order valence-electron chi connectivity index (χ1n) is 4.27. The number of primary amides is 1. The molecule has 4 nitrogen and oxygen atoms in total. The van der Waals surface area contributed by atoms with Crippen LogP contribution in [-0.2, 0) is 0 Å². The van der Waals surface area contributed by atoms with Crippen molar-refractivity contribution in [2.24, 2.45) is 5.73 Å². The van der Waals surface area contributed by atoms with Crippen LogP contribution in [0.1, 0.15) is 10.4 Å². The van der Waals surface area contributed by atoms with E-state index in [9.17, 15) is 9.18 Å². The van der Waals surface area contributed by atoms with E-state index in [-0.39, 0.29) is 5.82 Å². The molecule has 5 heteroatoms. The molecule has 76 valence electrons. The molecule has 0 radical (unpaired) electrons. The molecule has 0 bridgehead atoms. The molecule has 1 aromatic carbocycles. The van der Waals surface area contributed by atoms with Crippen molar-refractivity contribution in [3.8, 4) is 5.69 Å². The third-order valence-electron chi connectivity index (χ3n) is 1.94. The number of aromatic nitrogens is 2. The van der Waals surface area contributed by atoms with Gasteiger partial charge in [-0.05, 0) is 18.2 Å². The van der Waals surface area contributed by atoms with Crippen molar-refractivity contribution in [1.82, 2.24) is 9.78 Å². The minimum atomic E-state index is -0.558. The molecule has 2 aromatic rings. The summed E-state index contributed by atoms with van der Waals surface area (Å²) in [5.41, 5.74) is 5.90. The Balaban J connectivity index is 2.41. The number of amides is 1. The van der Waals surface area contributed by atoms with E-state index >= 15 is 0 Å². The maximum Gasteiger partial charge on any atom is 0.251 e. The van der Waals surface area contributed by atoms with Crippen molar-refractivity contribution < 1.29 is 9.18 Å². The molecule has 0 saturated carbocycles. The van der Waals surface area contributed by atoms with Crippen molar-refractivity contribution in [1.29, 1.82) is 0 Å². The topological polar surface area (TPSA) is 60.9 Å². The van der Waals surface area contributed by atoms with Crippen molar-refractivity contribution in [3.05, 3.63) is 48.0 Å². The highest BCUT2D eigenvalue weighted by atomic mass is 19.1. The lowest BCUT2D eigenvalue weighted by Crippen LogP contribution is -2.09. The third kappa shape index (κ3) is 1.85. The van der Waals surface area contributed by atoms with E-state index in [2.05, 4.69) is 5.10 Å². The molecule has 0 aliphatic carbocycles. The van der Waals surface area contributed by atoms with Crippen LogP contribution in [0.5, 0.6) is 0 Å². The van der Waals surface area contributed by atoms with Gasteiger partial charge in [-0.15, -0.1) is 0 Å². The number of hydrogen-bond acceptors (Lipinski definition) is 2. The Labute approximate surface area is 85.1 Å². The first-order valence-corrected chi connectivity index (χ1v) is 4.27. The predicted octanol–water partition coefficient (Wildman–Crippen LogP) is 1.11. The zero-order valence-electron chi connectivity index (χ0n) is 7.72. The number of rotatable bonds is 2. The summed E-state index contributed by atoms with van der Waals surface area (Å²) in [6.07, 6.45) is 2.80. The van der Waals surface area contributed by atoms with Crippen molar-refractivity contribution in [2.45, 2.75) is 0 Å². The van der Waals surface area contributed by atoms with Gasteiger partial charge in [0, 0.05) is 6.20 Å². The summed E-state index contributed by atoms with van der Waals surface area (Å²) >= 11 is 0. The van der Waals surface area contributed by atoms with Crippen molar-refractivity contribution in [2.75, 3.05) is 0 Å². The van der Waals surface area contributed by atoms with Gasteiger partial charge in [0.05, 0.1) is 17.4 Å². The normalized spacial score (nSPS) is 10.2. The number of carbonyl (C=O) groups is 1. The first-order chi connectivity index (χ1) is 7.16. The van der Waals surface area contributed by atoms with Crippen LogP contribution < -0.4 is 5.73 Å². The monoisotopic (exact) mass is 205 g/mol. The van der Waals surface area contributed by atoms with Crippen LogP contribution in [0.2, 0.25) is 0 Å². The molecule has 0 aliphatic heterocycles. The second-order valence-corrected chi connectivity index (χ2v) is 3.02. The summed E-state index contributed by atoms with van der Waals surface area (Å²) in [4.78, 5) is 10.8. The lowest BCUT2D eigenvalue weighted by molar-refractivity contribution is 0.100. The van der Waals surface area contributed by atoms with Gasteiger partial charge in [0.1, 0.15) is 5.82 Å². The second kappa shape index (κ2) is 3.53. The van der Waals surface area contributed by atoms with Gasteiger partial charge >= 0.3 is 0 Å². The average Bonchev–Trinajstić information content (AvgIpc) is 2.66. The number of halogens is 1. The molecule has 2 rings (SSSR count). The van der Waals surface area contributed by atoms with Gasteiger partial charge < -0.3 is 5.73 Å². The molecule has 0 saturated heterocycles. The lowest BCUT2D eigenvalue weighted by Gasteiger charge is -1.99. The fourth-order valence-electron chi connectivity index (χ4n) is 1.21. The van der Waals surface area contributed by atoms with Crippen molar-refractivity contribution in [3.63, 3.8) is 0 Å². The van der Waals surface area contributed by atoms with E-state index in [0.29, 0.717) is 11.3 Å². The van der Waals surface area contributed by atoms with Gasteiger partial charge in [-0.1, -0.05) is 6.07 Å². The van der Waals surface area contributed by atoms with Crippen LogP contribution in [0, 0.1) is 5.82 Å². The van der Waals surface area contributed by atoms with E-state index in [1.807, 2.05) is 0 Å². The van der Waals surface area contributed by atoms with Crippen LogP contribution in [0.3, 0.4) is 0 Å². The highest BCUT2D eigenvalue weighted by Crippen LogP contribution is 2.09. The van der Waals surface area contributed by atoms with Gasteiger partial charge in [-0.3, -0.25) is 4.79 Å². The molecular weight excluding hydrogens is 197 g/mol. The standard InChI is InChI=1S/C10H8FN3O/c11-8-2-1-3-9(4-8)14-6-7(5-13-14)10(12)15/h1-6H,(H2,12,15). The van der Waals surface area contributed by atoms with E-state index < -0.39 is 5.91 Å². The lowest BCUT2D eigenvalue weighted by atomic mass is 10.3. The molecular formula is C10H8FN3O. The zero-order valence-corrected chi connectivity index (χ0v) is 7.72. The Bertz CT molecular complexity index is 507. The van der Waals surface area contributed by atoms with Gasteiger partial charge in [0.25, 0.3) is 5.91 Å². The number of benzene rings is 1. The first kappa shape index (κ1) is 9.39. The van der Waals surface area contributed by atoms with Crippen LogP contribution in [0.15, 0.2) is 36.7 Å². The summed E-state index contributed by atoms with van der Waals surface area (Å²) in [6.45, 7) is 0. The summed E-state index contributed by atoms with van der Waals surface area (Å²) < 4.78 is 14.3. The van der Waals surface area contributed by atoms with Gasteiger partial charge in [-0.2, -0.15) is 5.10 Å². The number of nitrogens with two attached hydrogens (primary N) is 1. The number of nitrogens with zero attached hydrogens (tertiary/aromatic N) is 2. The minimum absolute atomic E-state index is 0.291. The number of carbonyl (C=O) groups excluding carboxylic acids is 1. The van der Waals surface area contributed by atoms with E-state index in [0.717, 1.165) is 0 Å². The third-order valence-corrected chi connectivity index (χ3v) is 1.94. The Morgan fingerprint density at radius 1 is 1.47 bits per heavy atom. The van der Waals surface area contributed by atoms with Crippen LogP contribution in [0.25, 0.3) is 5.69 Å². The molecule has 0 aliphatic rings. The largest absolute Gasteiger partial charge is 0.366 e. The summed E-state index contributed by atoms with van der Waals surface area (Å²) in [6, 6.07) is 5.90. The second-order valence-electron chi connectivity index (χ2n) is 3.02. The minimum Gasteiger partial charge on any atom is -0.366 e. The molecule has 0 atom stereocenters. The molecule has 1 heterocycles. The Morgan fingerprint density at radius 2 is 2.27 bits per heavy atom. The summed E-state index contributed by atoms with van der Waals surface area (Å²) in [7, 11) is 0. The average molecular weight is 205 g/mol. The highest BCUT2D eigenvalue weighted by Gasteiger charge is 2.05. The van der Waals surface area contributed by atoms with Gasteiger partial charge in [-0.25, -0.2) is 9.07 Å². The van der Waals surface area contributed by atoms with Gasteiger partial charge in [0.2, 0.25) is 0 Å². The summed E-state index contributed by atoms with van der Waals surface area (Å²) in [5.74, 6) is -0.915. The predicted molar refractivity (Wildman–Crippen MR) is 52.0 cm³/mol. The maximum atomic E-state index is 12.9. The van der Waals surface area contributed by atoms with E-state index in [1.54, 1.807) is 12.1 Å². The Kier molecular flexibility index (Phi) is 2.21. The molecule has 0 unspecified atom stereocenters. The maximum absolute atomic E-state index is 12.9. The van der Waals surface area contributed by atoms with E-state index in [1.165, 1.54) is 29.2 Å². The molecule has 2 N–H and O–H groups in total.